The minimum atomic E-state index is -1.18. The summed E-state index contributed by atoms with van der Waals surface area (Å²) in [6, 6.07) is 13.9. The van der Waals surface area contributed by atoms with Crippen molar-refractivity contribution < 1.29 is 19.5 Å². The summed E-state index contributed by atoms with van der Waals surface area (Å²) in [5.74, 6) is -2.37. The number of rotatable bonds is 6. The van der Waals surface area contributed by atoms with Crippen molar-refractivity contribution in [2.45, 2.75) is 13.0 Å². The molecule has 134 valence electrons. The summed E-state index contributed by atoms with van der Waals surface area (Å²) in [6.45, 7) is 1.33. The maximum Gasteiger partial charge on any atom is 0.325 e. The lowest BCUT2D eigenvalue weighted by Gasteiger charge is -2.13. The summed E-state index contributed by atoms with van der Waals surface area (Å²) in [6.07, 6.45) is 1.45. The lowest BCUT2D eigenvalue weighted by atomic mass is 10.1. The number of benzene rings is 2. The Hall–Kier alpha value is -3.12. The first-order valence-corrected chi connectivity index (χ1v) is 8.12. The molecule has 2 amide bonds. The monoisotopic (exact) mass is 372 g/mol. The van der Waals surface area contributed by atoms with Gasteiger partial charge in [-0.1, -0.05) is 41.9 Å². The molecule has 0 unspecified atom stereocenters. The first-order valence-electron chi connectivity index (χ1n) is 7.74. The first-order chi connectivity index (χ1) is 12.4. The van der Waals surface area contributed by atoms with Gasteiger partial charge in [-0.15, -0.1) is 0 Å². The Morgan fingerprint density at radius 3 is 2.23 bits per heavy atom. The Morgan fingerprint density at radius 2 is 1.65 bits per heavy atom. The van der Waals surface area contributed by atoms with Crippen molar-refractivity contribution in [2.24, 2.45) is 0 Å². The van der Waals surface area contributed by atoms with E-state index in [9.17, 15) is 14.4 Å². The van der Waals surface area contributed by atoms with Crippen LogP contribution >= 0.6 is 11.6 Å². The second-order valence-corrected chi connectivity index (χ2v) is 5.90. The van der Waals surface area contributed by atoms with Crippen molar-refractivity contribution in [3.63, 3.8) is 0 Å². The Bertz CT molecular complexity index is 832. The Labute approximate surface area is 155 Å². The van der Waals surface area contributed by atoms with Crippen molar-refractivity contribution in [1.82, 2.24) is 10.6 Å². The van der Waals surface area contributed by atoms with Crippen molar-refractivity contribution >= 4 is 35.5 Å². The SMILES string of the molecule is C[C@H](NC(=O)/C(=C\c1ccc(Cl)cc1)NC(=O)c1ccccc1)C(=O)O. The van der Waals surface area contributed by atoms with Gasteiger partial charge in [0.25, 0.3) is 11.8 Å². The molecule has 0 saturated heterocycles. The molecule has 0 heterocycles. The van der Waals surface area contributed by atoms with Gasteiger partial charge in [-0.3, -0.25) is 14.4 Å². The van der Waals surface area contributed by atoms with E-state index in [0.717, 1.165) is 0 Å². The lowest BCUT2D eigenvalue weighted by molar-refractivity contribution is -0.140. The van der Waals surface area contributed by atoms with Crippen molar-refractivity contribution in [1.29, 1.82) is 0 Å². The highest BCUT2D eigenvalue weighted by atomic mass is 35.5. The Kier molecular flexibility index (Phi) is 6.52. The minimum Gasteiger partial charge on any atom is -0.480 e. The summed E-state index contributed by atoms with van der Waals surface area (Å²) in [5.41, 5.74) is 0.916. The number of halogens is 1. The van der Waals surface area contributed by atoms with Gasteiger partial charge in [0, 0.05) is 10.6 Å². The third-order valence-electron chi connectivity index (χ3n) is 3.43. The van der Waals surface area contributed by atoms with Gasteiger partial charge in [-0.05, 0) is 42.8 Å². The van der Waals surface area contributed by atoms with E-state index in [0.29, 0.717) is 16.1 Å². The zero-order valence-corrected chi connectivity index (χ0v) is 14.7. The van der Waals surface area contributed by atoms with E-state index >= 15 is 0 Å². The third-order valence-corrected chi connectivity index (χ3v) is 3.68. The smallest absolute Gasteiger partial charge is 0.325 e. The number of amides is 2. The molecule has 2 rings (SSSR count). The van der Waals surface area contributed by atoms with Gasteiger partial charge in [-0.25, -0.2) is 0 Å². The molecular weight excluding hydrogens is 356 g/mol. The van der Waals surface area contributed by atoms with Crippen molar-refractivity contribution in [3.8, 4) is 0 Å². The number of nitrogens with one attached hydrogen (secondary N) is 2. The number of carboxylic acids is 1. The molecule has 0 fully saturated rings. The molecule has 0 saturated carbocycles. The fraction of sp³-hybridized carbons (Fsp3) is 0.105. The van der Waals surface area contributed by atoms with Crippen molar-refractivity contribution in [2.75, 3.05) is 0 Å². The highest BCUT2D eigenvalue weighted by Crippen LogP contribution is 2.12. The van der Waals surface area contributed by atoms with Crippen LogP contribution in [0.25, 0.3) is 6.08 Å². The third kappa shape index (κ3) is 5.46. The molecule has 7 heteroatoms. The van der Waals surface area contributed by atoms with Gasteiger partial charge < -0.3 is 15.7 Å². The highest BCUT2D eigenvalue weighted by Gasteiger charge is 2.19. The first kappa shape index (κ1) is 19.2. The van der Waals surface area contributed by atoms with Gasteiger partial charge in [0.15, 0.2) is 0 Å². The van der Waals surface area contributed by atoms with E-state index < -0.39 is 23.8 Å². The molecule has 2 aromatic carbocycles. The van der Waals surface area contributed by atoms with Crippen LogP contribution in [0.3, 0.4) is 0 Å². The summed E-state index contributed by atoms with van der Waals surface area (Å²) in [7, 11) is 0. The van der Waals surface area contributed by atoms with E-state index in [4.69, 9.17) is 16.7 Å². The van der Waals surface area contributed by atoms with Crippen LogP contribution in [0.1, 0.15) is 22.8 Å². The molecule has 1 atom stereocenters. The van der Waals surface area contributed by atoms with Crippen LogP contribution in [-0.4, -0.2) is 28.9 Å². The molecule has 2 aromatic rings. The zero-order chi connectivity index (χ0) is 19.1. The van der Waals surface area contributed by atoms with Crippen LogP contribution < -0.4 is 10.6 Å². The Balaban J connectivity index is 2.28. The van der Waals surface area contributed by atoms with Crippen molar-refractivity contribution in [3.05, 3.63) is 76.4 Å². The molecule has 26 heavy (non-hydrogen) atoms. The molecule has 3 N–H and O–H groups in total. The van der Waals surface area contributed by atoms with Crippen LogP contribution in [0, 0.1) is 0 Å². The Morgan fingerprint density at radius 1 is 1.04 bits per heavy atom. The van der Waals surface area contributed by atoms with E-state index in [1.54, 1.807) is 54.6 Å². The molecule has 6 nitrogen and oxygen atoms in total. The predicted molar refractivity (Wildman–Crippen MR) is 98.6 cm³/mol. The fourth-order valence-electron chi connectivity index (χ4n) is 2.00. The maximum atomic E-state index is 12.4. The van der Waals surface area contributed by atoms with Crippen LogP contribution in [-0.2, 0) is 9.59 Å². The summed E-state index contributed by atoms with van der Waals surface area (Å²) in [5, 5.41) is 14.3. The van der Waals surface area contributed by atoms with Crippen LogP contribution in [0.4, 0.5) is 0 Å². The fourth-order valence-corrected chi connectivity index (χ4v) is 2.13. The van der Waals surface area contributed by atoms with Gasteiger partial charge in [0.05, 0.1) is 0 Å². The zero-order valence-electron chi connectivity index (χ0n) is 13.9. The summed E-state index contributed by atoms with van der Waals surface area (Å²) in [4.78, 5) is 35.7. The number of carboxylic acid groups (broad SMARTS) is 1. The minimum absolute atomic E-state index is 0.0747. The van der Waals surface area contributed by atoms with Gasteiger partial charge in [0.1, 0.15) is 11.7 Å². The predicted octanol–water partition coefficient (Wildman–Crippen LogP) is 2.70. The molecule has 0 aliphatic rings. The number of carbonyl (C=O) groups is 3. The normalized spacial score (nSPS) is 12.2. The van der Waals surface area contributed by atoms with E-state index in [2.05, 4.69) is 10.6 Å². The summed E-state index contributed by atoms with van der Waals surface area (Å²) < 4.78 is 0. The summed E-state index contributed by atoms with van der Waals surface area (Å²) >= 11 is 5.84. The van der Waals surface area contributed by atoms with Crippen LogP contribution in [0.2, 0.25) is 5.02 Å². The molecular formula is C19H17ClN2O4. The highest BCUT2D eigenvalue weighted by molar-refractivity contribution is 6.30. The number of carbonyl (C=O) groups excluding carboxylic acids is 2. The second kappa shape index (κ2) is 8.82. The van der Waals surface area contributed by atoms with Crippen LogP contribution in [0.5, 0.6) is 0 Å². The standard InChI is InChI=1S/C19H17ClN2O4/c1-12(19(25)26)21-18(24)16(11-13-7-9-15(20)10-8-13)22-17(23)14-5-3-2-4-6-14/h2-12H,1H3,(H,21,24)(H,22,23)(H,25,26)/b16-11+/t12-/m0/s1. The molecule has 0 aliphatic heterocycles. The van der Waals surface area contributed by atoms with Gasteiger partial charge in [0.2, 0.25) is 0 Å². The molecule has 0 bridgehead atoms. The molecule has 0 aromatic heterocycles. The van der Waals surface area contributed by atoms with E-state index in [1.165, 1.54) is 13.0 Å². The second-order valence-electron chi connectivity index (χ2n) is 5.46. The maximum absolute atomic E-state index is 12.4. The van der Waals surface area contributed by atoms with E-state index in [1.807, 2.05) is 0 Å². The van der Waals surface area contributed by atoms with Gasteiger partial charge >= 0.3 is 5.97 Å². The topological polar surface area (TPSA) is 95.5 Å². The average Bonchev–Trinajstić information content (AvgIpc) is 2.63. The number of aliphatic carboxylic acids is 1. The quantitative estimate of drug-likeness (QED) is 0.679. The lowest BCUT2D eigenvalue weighted by Crippen LogP contribution is -2.42. The number of hydrogen-bond donors (Lipinski definition) is 3. The molecule has 0 aliphatic carbocycles. The molecule has 0 spiro atoms. The molecule has 0 radical (unpaired) electrons. The largest absolute Gasteiger partial charge is 0.480 e. The van der Waals surface area contributed by atoms with E-state index in [-0.39, 0.29) is 5.70 Å². The van der Waals surface area contributed by atoms with Gasteiger partial charge in [-0.2, -0.15) is 0 Å². The van der Waals surface area contributed by atoms with Crippen LogP contribution in [0.15, 0.2) is 60.3 Å². The average molecular weight is 373 g/mol. The number of hydrogen-bond acceptors (Lipinski definition) is 3.